The fourth-order valence-electron chi connectivity index (χ4n) is 2.13. The van der Waals surface area contributed by atoms with Crippen LogP contribution in [0.15, 0.2) is 24.3 Å². The molecule has 1 aromatic heterocycles. The molecule has 1 atom stereocenters. The summed E-state index contributed by atoms with van der Waals surface area (Å²) in [6.45, 7) is 4.96. The highest BCUT2D eigenvalue weighted by atomic mass is 35.5. The molecule has 0 radical (unpaired) electrons. The molecule has 1 amide bonds. The molecule has 0 saturated carbocycles. The Morgan fingerprint density at radius 3 is 2.77 bits per heavy atom. The molecule has 0 aliphatic carbocycles. The lowest BCUT2D eigenvalue weighted by Crippen LogP contribution is -2.52. The van der Waals surface area contributed by atoms with E-state index in [1.165, 1.54) is 0 Å². The number of hydrogen-bond donors (Lipinski definition) is 3. The Hall–Kier alpha value is -1.37. The Bertz CT molecular complexity index is 581. The van der Waals surface area contributed by atoms with Crippen molar-refractivity contribution in [2.75, 3.05) is 18.4 Å². The number of para-hydroxylation sites is 1. The van der Waals surface area contributed by atoms with E-state index in [-0.39, 0.29) is 18.3 Å². The van der Waals surface area contributed by atoms with E-state index in [4.69, 9.17) is 5.73 Å². The number of thiazole rings is 1. The minimum atomic E-state index is -0.787. The zero-order valence-corrected chi connectivity index (χ0v) is 14.5. The van der Waals surface area contributed by atoms with Gasteiger partial charge in [0.05, 0.1) is 15.8 Å². The van der Waals surface area contributed by atoms with Crippen LogP contribution in [0, 0.1) is 0 Å². The molecule has 0 spiro atoms. The summed E-state index contributed by atoms with van der Waals surface area (Å²) in [6, 6.07) is 8.01. The maximum Gasteiger partial charge on any atom is 0.239 e. The number of hydrogen-bond acceptors (Lipinski definition) is 5. The quantitative estimate of drug-likeness (QED) is 0.676. The molecule has 0 aliphatic heterocycles. The minimum absolute atomic E-state index is 0. The maximum atomic E-state index is 11.9. The summed E-state index contributed by atoms with van der Waals surface area (Å²) in [4.78, 5) is 16.4. The molecule has 122 valence electrons. The molecule has 5 nitrogen and oxygen atoms in total. The first-order valence-corrected chi connectivity index (χ1v) is 8.01. The third-order valence-electron chi connectivity index (χ3n) is 3.27. The topological polar surface area (TPSA) is 80.0 Å². The summed E-state index contributed by atoms with van der Waals surface area (Å²) in [5.41, 5.74) is 6.18. The fraction of sp³-hybridized carbons (Fsp3) is 0.467. The van der Waals surface area contributed by atoms with E-state index in [1.54, 1.807) is 18.3 Å². The number of halogens is 1. The molecule has 2 aromatic rings. The largest absolute Gasteiger partial charge is 0.360 e. The number of nitrogens with two attached hydrogens (primary N) is 1. The zero-order chi connectivity index (χ0) is 15.3. The van der Waals surface area contributed by atoms with Crippen molar-refractivity contribution in [1.82, 2.24) is 10.3 Å². The maximum absolute atomic E-state index is 11.9. The van der Waals surface area contributed by atoms with E-state index in [0.717, 1.165) is 21.8 Å². The molecular weight excluding hydrogens is 320 g/mol. The summed E-state index contributed by atoms with van der Waals surface area (Å²) in [5.74, 6) is -0.101. The number of amides is 1. The predicted octanol–water partition coefficient (Wildman–Crippen LogP) is 2.76. The molecule has 22 heavy (non-hydrogen) atoms. The SMILES string of the molecule is CCCC(C)(N)C(=O)NCCNc1nc2ccccc2s1.Cl. The van der Waals surface area contributed by atoms with Crippen LogP contribution in [0.4, 0.5) is 5.13 Å². The van der Waals surface area contributed by atoms with E-state index in [1.807, 2.05) is 31.2 Å². The van der Waals surface area contributed by atoms with Crippen molar-refractivity contribution in [3.05, 3.63) is 24.3 Å². The van der Waals surface area contributed by atoms with Crippen molar-refractivity contribution in [3.8, 4) is 0 Å². The number of fused-ring (bicyclic) bond motifs is 1. The van der Waals surface area contributed by atoms with Crippen molar-refractivity contribution in [1.29, 1.82) is 0 Å². The summed E-state index contributed by atoms with van der Waals surface area (Å²) in [7, 11) is 0. The van der Waals surface area contributed by atoms with Gasteiger partial charge in [0, 0.05) is 13.1 Å². The van der Waals surface area contributed by atoms with Gasteiger partial charge in [-0.25, -0.2) is 4.98 Å². The van der Waals surface area contributed by atoms with Gasteiger partial charge < -0.3 is 16.4 Å². The highest BCUT2D eigenvalue weighted by molar-refractivity contribution is 7.22. The highest BCUT2D eigenvalue weighted by Gasteiger charge is 2.26. The normalized spacial score (nSPS) is 13.2. The van der Waals surface area contributed by atoms with Gasteiger partial charge in [0.25, 0.3) is 0 Å². The Labute approximate surface area is 141 Å². The molecule has 1 aromatic carbocycles. The summed E-state index contributed by atoms with van der Waals surface area (Å²) in [6.07, 6.45) is 1.58. The molecule has 2 rings (SSSR count). The van der Waals surface area contributed by atoms with Crippen LogP contribution in [0.1, 0.15) is 26.7 Å². The third-order valence-corrected chi connectivity index (χ3v) is 4.26. The zero-order valence-electron chi connectivity index (χ0n) is 12.9. The first-order valence-electron chi connectivity index (χ1n) is 7.19. The van der Waals surface area contributed by atoms with E-state index in [9.17, 15) is 4.79 Å². The monoisotopic (exact) mass is 342 g/mol. The molecule has 1 heterocycles. The van der Waals surface area contributed by atoms with Gasteiger partial charge in [0.15, 0.2) is 5.13 Å². The second kappa shape index (κ2) is 8.31. The summed E-state index contributed by atoms with van der Waals surface area (Å²) < 4.78 is 1.15. The van der Waals surface area contributed by atoms with Crippen LogP contribution in [0.5, 0.6) is 0 Å². The number of benzene rings is 1. The van der Waals surface area contributed by atoms with Crippen LogP contribution < -0.4 is 16.4 Å². The van der Waals surface area contributed by atoms with Crippen LogP contribution in [-0.2, 0) is 4.79 Å². The first-order chi connectivity index (χ1) is 10.0. The van der Waals surface area contributed by atoms with E-state index in [2.05, 4.69) is 15.6 Å². The number of rotatable bonds is 7. The van der Waals surface area contributed by atoms with Gasteiger partial charge in [0.1, 0.15) is 0 Å². The highest BCUT2D eigenvalue weighted by Crippen LogP contribution is 2.24. The Morgan fingerprint density at radius 2 is 2.09 bits per heavy atom. The minimum Gasteiger partial charge on any atom is -0.360 e. The van der Waals surface area contributed by atoms with E-state index < -0.39 is 5.54 Å². The lowest BCUT2D eigenvalue weighted by molar-refractivity contribution is -0.125. The molecule has 1 unspecified atom stereocenters. The van der Waals surface area contributed by atoms with Gasteiger partial charge in [0.2, 0.25) is 5.91 Å². The average Bonchev–Trinajstić information content (AvgIpc) is 2.85. The van der Waals surface area contributed by atoms with Gasteiger partial charge in [-0.1, -0.05) is 36.8 Å². The van der Waals surface area contributed by atoms with Crippen molar-refractivity contribution in [2.45, 2.75) is 32.2 Å². The second-order valence-electron chi connectivity index (χ2n) is 5.34. The lowest BCUT2D eigenvalue weighted by Gasteiger charge is -2.22. The number of nitrogens with one attached hydrogen (secondary N) is 2. The second-order valence-corrected chi connectivity index (χ2v) is 6.37. The lowest BCUT2D eigenvalue weighted by atomic mass is 9.97. The Balaban J connectivity index is 0.00000242. The van der Waals surface area contributed by atoms with Crippen molar-refractivity contribution < 1.29 is 4.79 Å². The average molecular weight is 343 g/mol. The number of nitrogens with zero attached hydrogens (tertiary/aromatic N) is 1. The summed E-state index contributed by atoms with van der Waals surface area (Å²) in [5, 5.41) is 6.96. The van der Waals surface area contributed by atoms with Crippen LogP contribution >= 0.6 is 23.7 Å². The predicted molar refractivity (Wildman–Crippen MR) is 95.9 cm³/mol. The van der Waals surface area contributed by atoms with Crippen LogP contribution in [-0.4, -0.2) is 29.5 Å². The molecule has 0 bridgehead atoms. The van der Waals surface area contributed by atoms with Gasteiger partial charge in [-0.3, -0.25) is 4.79 Å². The van der Waals surface area contributed by atoms with E-state index in [0.29, 0.717) is 19.5 Å². The smallest absolute Gasteiger partial charge is 0.239 e. The number of carbonyl (C=O) groups excluding carboxylic acids is 1. The van der Waals surface area contributed by atoms with E-state index >= 15 is 0 Å². The number of aromatic nitrogens is 1. The van der Waals surface area contributed by atoms with Gasteiger partial charge in [-0.15, -0.1) is 12.4 Å². The standard InChI is InChI=1S/C15H22N4OS.ClH/c1-3-8-15(2,16)13(20)17-9-10-18-14-19-11-6-4-5-7-12(11)21-14;/h4-7H,3,8-10,16H2,1-2H3,(H,17,20)(H,18,19);1H. The number of anilines is 1. The van der Waals surface area contributed by atoms with Crippen LogP contribution in [0.25, 0.3) is 10.2 Å². The third kappa shape index (κ3) is 4.83. The van der Waals surface area contributed by atoms with Gasteiger partial charge >= 0.3 is 0 Å². The fourth-order valence-corrected chi connectivity index (χ4v) is 3.02. The van der Waals surface area contributed by atoms with Crippen LogP contribution in [0.3, 0.4) is 0 Å². The molecule has 0 saturated heterocycles. The Kier molecular flexibility index (Phi) is 7.06. The molecule has 4 N–H and O–H groups in total. The Morgan fingerprint density at radius 1 is 1.36 bits per heavy atom. The van der Waals surface area contributed by atoms with Gasteiger partial charge in [-0.2, -0.15) is 0 Å². The van der Waals surface area contributed by atoms with Crippen LogP contribution in [0.2, 0.25) is 0 Å². The molecular formula is C15H23ClN4OS. The molecule has 0 fully saturated rings. The van der Waals surface area contributed by atoms with Crippen molar-refractivity contribution in [3.63, 3.8) is 0 Å². The van der Waals surface area contributed by atoms with Gasteiger partial charge in [-0.05, 0) is 25.5 Å². The number of carbonyl (C=O) groups is 1. The van der Waals surface area contributed by atoms with Crippen molar-refractivity contribution in [2.24, 2.45) is 5.73 Å². The summed E-state index contributed by atoms with van der Waals surface area (Å²) >= 11 is 1.61. The molecule has 7 heteroatoms. The van der Waals surface area contributed by atoms with Crippen molar-refractivity contribution >= 4 is 45.0 Å². The first kappa shape index (κ1) is 18.7. The molecule has 0 aliphatic rings.